The van der Waals surface area contributed by atoms with Gasteiger partial charge in [0.05, 0.1) is 5.60 Å². The lowest BCUT2D eigenvalue weighted by atomic mass is 9.73. The van der Waals surface area contributed by atoms with Crippen LogP contribution in [0.15, 0.2) is 54.6 Å². The number of halogens is 3. The molecular formula is C24H27F3N2O3. The summed E-state index contributed by atoms with van der Waals surface area (Å²) in [6.07, 6.45) is -2.29. The Hall–Kier alpha value is -2.74. The number of benzene rings is 2. The summed E-state index contributed by atoms with van der Waals surface area (Å²) in [7, 11) is 0. The molecule has 1 aliphatic heterocycles. The lowest BCUT2D eigenvalue weighted by molar-refractivity contribution is -0.274. The van der Waals surface area contributed by atoms with Crippen LogP contribution in [0.3, 0.4) is 0 Å². The Morgan fingerprint density at radius 2 is 1.84 bits per heavy atom. The number of alkyl halides is 3. The fourth-order valence-electron chi connectivity index (χ4n) is 5.18. The van der Waals surface area contributed by atoms with Gasteiger partial charge < -0.3 is 20.1 Å². The van der Waals surface area contributed by atoms with E-state index in [2.05, 4.69) is 10.1 Å². The van der Waals surface area contributed by atoms with Gasteiger partial charge in [0.1, 0.15) is 5.75 Å². The van der Waals surface area contributed by atoms with Crippen LogP contribution in [0.4, 0.5) is 24.5 Å². The van der Waals surface area contributed by atoms with E-state index in [1.807, 2.05) is 37.3 Å². The predicted molar refractivity (Wildman–Crippen MR) is 115 cm³/mol. The number of nitrogens with one attached hydrogen (secondary N) is 1. The molecule has 0 spiro atoms. The van der Waals surface area contributed by atoms with Crippen LogP contribution in [0, 0.1) is 11.3 Å². The molecule has 0 unspecified atom stereocenters. The Morgan fingerprint density at radius 3 is 2.50 bits per heavy atom. The summed E-state index contributed by atoms with van der Waals surface area (Å²) < 4.78 is 41.2. The number of amides is 1. The number of hydrogen-bond donors (Lipinski definition) is 2. The van der Waals surface area contributed by atoms with E-state index >= 15 is 0 Å². The molecule has 0 bridgehead atoms. The highest BCUT2D eigenvalue weighted by atomic mass is 19.4. The molecule has 2 fully saturated rings. The van der Waals surface area contributed by atoms with Crippen molar-refractivity contribution < 1.29 is 27.8 Å². The monoisotopic (exact) mass is 448 g/mol. The number of rotatable bonds is 5. The predicted octanol–water partition coefficient (Wildman–Crippen LogP) is 4.97. The zero-order valence-corrected chi connectivity index (χ0v) is 17.9. The van der Waals surface area contributed by atoms with E-state index in [0.717, 1.165) is 12.1 Å². The van der Waals surface area contributed by atoms with Crippen molar-refractivity contribution >= 4 is 17.3 Å². The van der Waals surface area contributed by atoms with Crippen LogP contribution >= 0.6 is 0 Å². The number of anilines is 2. The highest BCUT2D eigenvalue weighted by molar-refractivity contribution is 5.98. The van der Waals surface area contributed by atoms with Crippen LogP contribution in [0.2, 0.25) is 0 Å². The molecule has 1 saturated carbocycles. The maximum absolute atomic E-state index is 13.2. The number of fused-ring (bicyclic) bond motifs is 1. The molecule has 32 heavy (non-hydrogen) atoms. The van der Waals surface area contributed by atoms with Crippen molar-refractivity contribution in [3.05, 3.63) is 54.6 Å². The van der Waals surface area contributed by atoms with Crippen molar-refractivity contribution in [2.45, 2.75) is 44.6 Å². The topological polar surface area (TPSA) is 61.8 Å². The van der Waals surface area contributed by atoms with Crippen LogP contribution < -0.4 is 15.0 Å². The van der Waals surface area contributed by atoms with Crippen molar-refractivity contribution in [3.8, 4) is 5.75 Å². The number of para-hydroxylation sites is 1. The van der Waals surface area contributed by atoms with Crippen molar-refractivity contribution in [2.75, 3.05) is 23.3 Å². The largest absolute Gasteiger partial charge is 0.573 e. The van der Waals surface area contributed by atoms with Crippen LogP contribution in [0.25, 0.3) is 0 Å². The molecule has 2 aliphatic rings. The summed E-state index contributed by atoms with van der Waals surface area (Å²) in [5.74, 6) is -0.605. The Morgan fingerprint density at radius 1 is 1.16 bits per heavy atom. The molecule has 172 valence electrons. The lowest BCUT2D eigenvalue weighted by Crippen LogP contribution is -2.43. The van der Waals surface area contributed by atoms with E-state index in [1.165, 1.54) is 24.3 Å². The standard InChI is InChI=1S/C24H27F3N2O3/c1-22-14-23(31,15-28-17-6-3-2-4-7-17)13-5-8-20(22)21(30)29(16-22)18-9-11-19(12-10-18)32-24(25,26)27/h2-4,6-7,9-12,20,28,31H,5,8,13-16H2,1H3/t20-,22-,23+/m0/s1. The summed E-state index contributed by atoms with van der Waals surface area (Å²) in [6, 6.07) is 15.0. The summed E-state index contributed by atoms with van der Waals surface area (Å²) in [6.45, 7) is 2.82. The van der Waals surface area contributed by atoms with Crippen molar-refractivity contribution in [1.82, 2.24) is 0 Å². The molecule has 3 atom stereocenters. The van der Waals surface area contributed by atoms with E-state index in [4.69, 9.17) is 0 Å². The third-order valence-corrected chi connectivity index (χ3v) is 6.57. The first-order valence-corrected chi connectivity index (χ1v) is 10.8. The Kier molecular flexibility index (Phi) is 5.83. The van der Waals surface area contributed by atoms with Crippen LogP contribution in [-0.4, -0.2) is 36.1 Å². The van der Waals surface area contributed by atoms with E-state index in [9.17, 15) is 23.1 Å². The number of aliphatic hydroxyl groups is 1. The molecule has 1 heterocycles. The van der Waals surface area contributed by atoms with Gasteiger partial charge in [-0.05, 0) is 67.5 Å². The van der Waals surface area contributed by atoms with Gasteiger partial charge >= 0.3 is 6.36 Å². The zero-order chi connectivity index (χ0) is 23.0. The molecule has 1 aliphatic carbocycles. The van der Waals surface area contributed by atoms with Gasteiger partial charge in [-0.15, -0.1) is 13.2 Å². The van der Waals surface area contributed by atoms with Crippen molar-refractivity contribution in [1.29, 1.82) is 0 Å². The van der Waals surface area contributed by atoms with E-state index < -0.39 is 17.4 Å². The Balaban J connectivity index is 1.49. The average molecular weight is 448 g/mol. The fourth-order valence-corrected chi connectivity index (χ4v) is 5.18. The van der Waals surface area contributed by atoms with Crippen molar-refractivity contribution in [2.24, 2.45) is 11.3 Å². The molecule has 2 aromatic rings. The minimum absolute atomic E-state index is 0.0442. The first-order valence-electron chi connectivity index (χ1n) is 10.8. The molecular weight excluding hydrogens is 421 g/mol. The molecule has 5 nitrogen and oxygen atoms in total. The number of hydrogen-bond acceptors (Lipinski definition) is 4. The molecule has 1 amide bonds. The maximum Gasteiger partial charge on any atom is 0.573 e. The smallest absolute Gasteiger partial charge is 0.406 e. The van der Waals surface area contributed by atoms with Gasteiger partial charge in [0.15, 0.2) is 0 Å². The average Bonchev–Trinajstić information content (AvgIpc) is 2.88. The van der Waals surface area contributed by atoms with Gasteiger partial charge in [-0.1, -0.05) is 25.1 Å². The molecule has 1 saturated heterocycles. The van der Waals surface area contributed by atoms with E-state index in [1.54, 1.807) is 4.90 Å². The zero-order valence-electron chi connectivity index (χ0n) is 17.9. The SMILES string of the molecule is C[C@]12CN(c3ccc(OC(F)(F)F)cc3)C(=O)[C@@H]1CCC[C@](O)(CNc1ccccc1)C2. The number of carbonyl (C=O) groups is 1. The lowest BCUT2D eigenvalue weighted by Gasteiger charge is -2.36. The second-order valence-corrected chi connectivity index (χ2v) is 9.19. The van der Waals surface area contributed by atoms with Crippen LogP contribution in [-0.2, 0) is 4.79 Å². The number of ether oxygens (including phenoxy) is 1. The normalized spacial score (nSPS) is 28.2. The summed E-state index contributed by atoms with van der Waals surface area (Å²) >= 11 is 0. The second-order valence-electron chi connectivity index (χ2n) is 9.19. The fraction of sp³-hybridized carbons (Fsp3) is 0.458. The minimum atomic E-state index is -4.76. The summed E-state index contributed by atoms with van der Waals surface area (Å²) in [5, 5.41) is 14.7. The highest BCUT2D eigenvalue weighted by Gasteiger charge is 2.54. The minimum Gasteiger partial charge on any atom is -0.406 e. The number of nitrogens with zero attached hydrogens (tertiary/aromatic N) is 1. The van der Waals surface area contributed by atoms with Crippen LogP contribution in [0.5, 0.6) is 5.75 Å². The molecule has 8 heteroatoms. The van der Waals surface area contributed by atoms with E-state index in [-0.39, 0.29) is 17.6 Å². The molecule has 2 N–H and O–H groups in total. The number of carbonyl (C=O) groups excluding carboxylic acids is 1. The third-order valence-electron chi connectivity index (χ3n) is 6.57. The Bertz CT molecular complexity index is 951. The van der Waals surface area contributed by atoms with Crippen LogP contribution in [0.1, 0.15) is 32.6 Å². The van der Waals surface area contributed by atoms with Gasteiger partial charge in [-0.2, -0.15) is 0 Å². The summed E-state index contributed by atoms with van der Waals surface area (Å²) in [4.78, 5) is 14.8. The second kappa shape index (κ2) is 8.31. The molecule has 0 radical (unpaired) electrons. The quantitative estimate of drug-likeness (QED) is 0.678. The highest BCUT2D eigenvalue weighted by Crippen LogP contribution is 2.50. The third kappa shape index (κ3) is 4.85. The van der Waals surface area contributed by atoms with Gasteiger partial charge in [-0.3, -0.25) is 4.79 Å². The van der Waals surface area contributed by atoms with Gasteiger partial charge in [0.2, 0.25) is 5.91 Å². The molecule has 2 aromatic carbocycles. The van der Waals surface area contributed by atoms with Gasteiger partial charge in [0.25, 0.3) is 0 Å². The summed E-state index contributed by atoms with van der Waals surface area (Å²) in [5.41, 5.74) is 0.0592. The molecule has 4 rings (SSSR count). The molecule has 0 aromatic heterocycles. The first kappa shape index (κ1) is 22.5. The van der Waals surface area contributed by atoms with Gasteiger partial charge in [0, 0.05) is 30.4 Å². The maximum atomic E-state index is 13.2. The van der Waals surface area contributed by atoms with Crippen molar-refractivity contribution in [3.63, 3.8) is 0 Å². The van der Waals surface area contributed by atoms with E-state index in [0.29, 0.717) is 38.0 Å². The van der Waals surface area contributed by atoms with Gasteiger partial charge in [-0.25, -0.2) is 0 Å². The Labute approximate surface area is 185 Å². The first-order chi connectivity index (χ1) is 15.1.